The topological polar surface area (TPSA) is 40.5 Å². The lowest BCUT2D eigenvalue weighted by Gasteiger charge is -2.26. The molecule has 5 aromatic rings. The van der Waals surface area contributed by atoms with E-state index >= 15 is 0 Å². The Morgan fingerprint density at radius 3 is 1.12 bits per heavy atom. The average molecular weight is 478 g/mol. The van der Waals surface area contributed by atoms with Crippen LogP contribution in [0.3, 0.4) is 0 Å². The third-order valence-electron chi connectivity index (χ3n) is 5.63. The van der Waals surface area contributed by atoms with Gasteiger partial charge in [0.1, 0.15) is 11.5 Å². The van der Waals surface area contributed by atoms with E-state index in [2.05, 4.69) is 48.5 Å². The van der Waals surface area contributed by atoms with Gasteiger partial charge in [-0.05, 0) is 49.2 Å². The van der Waals surface area contributed by atoms with Crippen LogP contribution in [0.25, 0.3) is 0 Å². The van der Waals surface area contributed by atoms with Crippen LogP contribution >= 0.6 is 15.8 Å². The van der Waals surface area contributed by atoms with Crippen molar-refractivity contribution in [3.8, 4) is 11.5 Å². The summed E-state index contributed by atoms with van der Waals surface area (Å²) in [6, 6.07) is 44.5. The predicted octanol–water partition coefficient (Wildman–Crippen LogP) is 4.61. The van der Waals surface area contributed by atoms with Crippen LogP contribution in [0.15, 0.2) is 133 Å². The Morgan fingerprint density at radius 2 is 0.735 bits per heavy atom. The predicted molar refractivity (Wildman–Crippen MR) is 147 cm³/mol. The average Bonchev–Trinajstić information content (AvgIpc) is 2.90. The van der Waals surface area contributed by atoms with Crippen LogP contribution in [0.4, 0.5) is 0 Å². The molecule has 5 aromatic carbocycles. The molecule has 0 aromatic heterocycles. The highest BCUT2D eigenvalue weighted by Gasteiger charge is 2.28. The van der Waals surface area contributed by atoms with Crippen LogP contribution < -0.4 is 31.8 Å². The highest BCUT2D eigenvalue weighted by atomic mass is 31.1. The zero-order valence-corrected chi connectivity index (χ0v) is 20.3. The van der Waals surface area contributed by atoms with Gasteiger partial charge in [-0.1, -0.05) is 121 Å². The second kappa shape index (κ2) is 10.2. The van der Waals surface area contributed by atoms with Gasteiger partial charge in [-0.15, -0.1) is 0 Å². The van der Waals surface area contributed by atoms with E-state index in [0.717, 1.165) is 26.5 Å². The van der Waals surface area contributed by atoms with Crippen LogP contribution in [0.2, 0.25) is 0 Å². The Labute approximate surface area is 202 Å². The lowest BCUT2D eigenvalue weighted by molar-refractivity contribution is 0.461. The molecule has 4 heteroatoms. The summed E-state index contributed by atoms with van der Waals surface area (Å²) in [6.07, 6.45) is 0. The van der Waals surface area contributed by atoms with Gasteiger partial charge in [0.05, 0.1) is 5.30 Å². The van der Waals surface area contributed by atoms with Crippen LogP contribution in [0, 0.1) is 0 Å². The summed E-state index contributed by atoms with van der Waals surface area (Å²) in [5, 5.41) is 28.8. The molecule has 0 bridgehead atoms. The minimum atomic E-state index is -1.16. The monoisotopic (exact) mass is 478 g/mol. The number of rotatable bonds is 6. The fourth-order valence-electron chi connectivity index (χ4n) is 4.10. The fourth-order valence-corrected chi connectivity index (χ4v) is 8.92. The van der Waals surface area contributed by atoms with Gasteiger partial charge in [0.2, 0.25) is 0 Å². The van der Waals surface area contributed by atoms with Crippen LogP contribution in [-0.4, -0.2) is 10.2 Å². The highest BCUT2D eigenvalue weighted by Crippen LogP contribution is 2.43. The molecule has 0 unspecified atom stereocenters. The SMILES string of the molecule is Oc1ccc(P(c2ccccc2)c2ccccc2)c(O)c1P(c1ccccc1)c1ccccc1. The Balaban J connectivity index is 1.75. The molecule has 5 rings (SSSR count). The van der Waals surface area contributed by atoms with E-state index in [9.17, 15) is 10.2 Å². The second-order valence-electron chi connectivity index (χ2n) is 7.81. The van der Waals surface area contributed by atoms with Gasteiger partial charge in [-0.25, -0.2) is 0 Å². The molecular weight excluding hydrogens is 454 g/mol. The van der Waals surface area contributed by atoms with Crippen molar-refractivity contribution in [1.82, 2.24) is 0 Å². The van der Waals surface area contributed by atoms with Crippen LogP contribution in [0.1, 0.15) is 0 Å². The maximum atomic E-state index is 11.8. The van der Waals surface area contributed by atoms with Gasteiger partial charge < -0.3 is 10.2 Å². The van der Waals surface area contributed by atoms with Gasteiger partial charge in [-0.3, -0.25) is 0 Å². The summed E-state index contributed by atoms with van der Waals surface area (Å²) in [5.74, 6) is 0.300. The molecule has 0 heterocycles. The zero-order chi connectivity index (χ0) is 23.3. The Morgan fingerprint density at radius 1 is 0.382 bits per heavy atom. The van der Waals surface area contributed by atoms with Crippen LogP contribution in [-0.2, 0) is 0 Å². The largest absolute Gasteiger partial charge is 0.507 e. The van der Waals surface area contributed by atoms with Crippen molar-refractivity contribution >= 4 is 47.7 Å². The van der Waals surface area contributed by atoms with E-state index in [4.69, 9.17) is 0 Å². The molecule has 0 aliphatic heterocycles. The molecular formula is C30H24O2P2. The summed E-state index contributed by atoms with van der Waals surface area (Å²) >= 11 is 0. The molecule has 0 aliphatic carbocycles. The van der Waals surface area contributed by atoms with E-state index in [1.807, 2.05) is 78.9 Å². The standard InChI is InChI=1S/C30H24O2P2/c31-27-21-22-28(33(23-13-5-1-6-14-23)24-15-7-2-8-16-24)29(32)30(27)34(25-17-9-3-10-18-25)26-19-11-4-12-20-26/h1-22,31-32H. The van der Waals surface area contributed by atoms with E-state index in [1.54, 1.807) is 6.07 Å². The van der Waals surface area contributed by atoms with E-state index in [0.29, 0.717) is 5.30 Å². The van der Waals surface area contributed by atoms with E-state index < -0.39 is 15.8 Å². The quantitative estimate of drug-likeness (QED) is 0.350. The summed E-state index contributed by atoms with van der Waals surface area (Å²) in [4.78, 5) is 0. The third-order valence-corrected chi connectivity index (χ3v) is 10.6. The first-order valence-corrected chi connectivity index (χ1v) is 13.8. The molecule has 0 radical (unpaired) electrons. The first kappa shape index (κ1) is 22.4. The van der Waals surface area contributed by atoms with Gasteiger partial charge in [-0.2, -0.15) is 0 Å². The lowest BCUT2D eigenvalue weighted by atomic mass is 10.3. The Bertz CT molecular complexity index is 1280. The number of aromatic hydroxyl groups is 2. The number of phenols is 2. The van der Waals surface area contributed by atoms with E-state index in [1.165, 1.54) is 0 Å². The highest BCUT2D eigenvalue weighted by molar-refractivity contribution is 7.81. The minimum Gasteiger partial charge on any atom is -0.507 e. The second-order valence-corrected chi connectivity index (χ2v) is 12.2. The fraction of sp³-hybridized carbons (Fsp3) is 0. The number of benzene rings is 5. The maximum absolute atomic E-state index is 11.8. The Kier molecular flexibility index (Phi) is 6.72. The van der Waals surface area contributed by atoms with Crippen molar-refractivity contribution in [3.05, 3.63) is 133 Å². The number of hydrogen-bond donors (Lipinski definition) is 2. The van der Waals surface area contributed by atoms with Crippen molar-refractivity contribution in [2.45, 2.75) is 0 Å². The lowest BCUT2D eigenvalue weighted by Crippen LogP contribution is -2.27. The van der Waals surface area contributed by atoms with Gasteiger partial charge in [0.15, 0.2) is 0 Å². The summed E-state index contributed by atoms with van der Waals surface area (Å²) in [5.41, 5.74) is 0. The maximum Gasteiger partial charge on any atom is 0.135 e. The van der Waals surface area contributed by atoms with Gasteiger partial charge in [0.25, 0.3) is 0 Å². The van der Waals surface area contributed by atoms with Crippen molar-refractivity contribution < 1.29 is 10.2 Å². The molecule has 0 fully saturated rings. The normalized spacial score (nSPS) is 11.1. The molecule has 0 amide bonds. The smallest absolute Gasteiger partial charge is 0.135 e. The molecule has 0 aliphatic rings. The summed E-state index contributed by atoms with van der Waals surface area (Å²) in [7, 11) is -2.16. The third kappa shape index (κ3) is 4.48. The first-order chi connectivity index (χ1) is 16.7. The zero-order valence-electron chi connectivity index (χ0n) is 18.5. The number of hydrogen-bond acceptors (Lipinski definition) is 2. The molecule has 2 N–H and O–H groups in total. The molecule has 0 saturated heterocycles. The van der Waals surface area contributed by atoms with Gasteiger partial charge >= 0.3 is 0 Å². The Hall–Kier alpha value is -3.44. The molecule has 34 heavy (non-hydrogen) atoms. The van der Waals surface area contributed by atoms with Crippen molar-refractivity contribution in [2.24, 2.45) is 0 Å². The summed E-state index contributed by atoms with van der Waals surface area (Å²) < 4.78 is 0. The number of phenolic OH excluding ortho intramolecular Hbond substituents is 2. The van der Waals surface area contributed by atoms with Crippen LogP contribution in [0.5, 0.6) is 11.5 Å². The van der Waals surface area contributed by atoms with Crippen molar-refractivity contribution in [2.75, 3.05) is 0 Å². The summed E-state index contributed by atoms with van der Waals surface area (Å²) in [6.45, 7) is 0. The molecule has 0 spiro atoms. The molecule has 0 saturated carbocycles. The first-order valence-electron chi connectivity index (χ1n) is 11.1. The van der Waals surface area contributed by atoms with Crippen molar-refractivity contribution in [1.29, 1.82) is 0 Å². The van der Waals surface area contributed by atoms with Gasteiger partial charge in [0, 0.05) is 5.30 Å². The molecule has 0 atom stereocenters. The minimum absolute atomic E-state index is 0.121. The molecule has 2 nitrogen and oxygen atoms in total. The van der Waals surface area contributed by atoms with Crippen molar-refractivity contribution in [3.63, 3.8) is 0 Å². The van der Waals surface area contributed by atoms with E-state index in [-0.39, 0.29) is 11.5 Å². The molecule has 166 valence electrons.